The molecule has 202 valence electrons. The molecule has 5 rings (SSSR count). The first-order chi connectivity index (χ1) is 18.4. The molecule has 0 amide bonds. The topological polar surface area (TPSA) is 107 Å². The van der Waals surface area contributed by atoms with Crippen LogP contribution in [0.3, 0.4) is 0 Å². The highest BCUT2D eigenvalue weighted by atomic mass is 35.5. The molecule has 2 aromatic heterocycles. The van der Waals surface area contributed by atoms with E-state index in [1.807, 2.05) is 24.3 Å². The molecular formula is C27H30ClFN4O5. The van der Waals surface area contributed by atoms with Crippen LogP contribution in [0.4, 0.5) is 16.1 Å². The number of rotatable bonds is 9. The molecule has 3 heterocycles. The first-order valence-corrected chi connectivity index (χ1v) is 13.3. The van der Waals surface area contributed by atoms with Gasteiger partial charge in [-0.25, -0.2) is 4.90 Å². The molecule has 1 aromatic carbocycles. The number of oxazole rings is 1. The second-order valence-electron chi connectivity index (χ2n) is 9.68. The molecule has 3 aromatic rings. The number of halogens is 2. The van der Waals surface area contributed by atoms with E-state index in [9.17, 15) is 9.59 Å². The number of carbonyl (C=O) groups excluding carboxylic acids is 2. The molecule has 0 spiro atoms. The zero-order valence-corrected chi connectivity index (χ0v) is 21.8. The van der Waals surface area contributed by atoms with Crippen molar-refractivity contribution in [3.63, 3.8) is 0 Å². The number of hydrogen-bond donors (Lipinski definition) is 1. The number of anilines is 2. The van der Waals surface area contributed by atoms with Crippen molar-refractivity contribution < 1.29 is 27.9 Å². The molecule has 38 heavy (non-hydrogen) atoms. The fourth-order valence-corrected chi connectivity index (χ4v) is 5.33. The van der Waals surface area contributed by atoms with Gasteiger partial charge in [-0.1, -0.05) is 12.1 Å². The molecule has 0 radical (unpaired) electrons. The summed E-state index contributed by atoms with van der Waals surface area (Å²) in [7, 11) is 1.36. The van der Waals surface area contributed by atoms with E-state index in [-0.39, 0.29) is 17.6 Å². The van der Waals surface area contributed by atoms with Crippen molar-refractivity contribution >= 4 is 46.2 Å². The van der Waals surface area contributed by atoms with Crippen LogP contribution in [0.25, 0.3) is 11.1 Å². The standard InChI is InChI=1S/C27H30ClFN4O5/c1-36-25(35)17-8-11-19(12-9-17)38-27(29,33-14-4-5-15-33)24(34)23(28)21-13-10-18(16-30-21)31-26-32-20-6-2-3-7-22(20)37-26/h2-3,6-7,10,13,16-17,19,23H,4-5,8-9,11-12,14-15H2,1H3,(H,31,32). The number of benzene rings is 1. The van der Waals surface area contributed by atoms with Gasteiger partial charge >= 0.3 is 11.9 Å². The third-order valence-electron chi connectivity index (χ3n) is 7.17. The molecular weight excluding hydrogens is 515 g/mol. The number of fused-ring (bicyclic) bond motifs is 1. The van der Waals surface area contributed by atoms with Crippen LogP contribution in [0, 0.1) is 5.92 Å². The fraction of sp³-hybridized carbons (Fsp3) is 0.481. The molecule has 9 nitrogen and oxygen atoms in total. The van der Waals surface area contributed by atoms with Crippen LogP contribution >= 0.6 is 11.6 Å². The monoisotopic (exact) mass is 544 g/mol. The number of methoxy groups -OCH3 is 1. The molecule has 1 saturated carbocycles. The second-order valence-corrected chi connectivity index (χ2v) is 10.1. The van der Waals surface area contributed by atoms with Gasteiger partial charge in [-0.15, -0.1) is 11.6 Å². The van der Waals surface area contributed by atoms with Crippen molar-refractivity contribution in [1.29, 1.82) is 0 Å². The van der Waals surface area contributed by atoms with Gasteiger partial charge in [0.05, 0.1) is 36.7 Å². The minimum atomic E-state index is -2.68. The highest BCUT2D eigenvalue weighted by Crippen LogP contribution is 2.38. The van der Waals surface area contributed by atoms with Crippen molar-refractivity contribution in [2.75, 3.05) is 25.5 Å². The van der Waals surface area contributed by atoms with E-state index in [0.717, 1.165) is 12.8 Å². The number of ketones is 1. The number of pyridine rings is 1. The van der Waals surface area contributed by atoms with Gasteiger partial charge in [0.1, 0.15) is 10.9 Å². The summed E-state index contributed by atoms with van der Waals surface area (Å²) in [6.45, 7) is 0.786. The Morgan fingerprint density at radius 2 is 1.89 bits per heavy atom. The number of esters is 1. The third kappa shape index (κ3) is 5.52. The normalized spacial score (nSPS) is 22.6. The van der Waals surface area contributed by atoms with E-state index in [0.29, 0.717) is 61.6 Å². The number of alkyl halides is 2. The summed E-state index contributed by atoms with van der Waals surface area (Å²) in [5, 5.41) is 1.67. The number of hydrogen-bond acceptors (Lipinski definition) is 9. The number of aromatic nitrogens is 2. The van der Waals surface area contributed by atoms with Crippen molar-refractivity contribution in [2.45, 2.75) is 56.0 Å². The molecule has 2 fully saturated rings. The molecule has 0 bridgehead atoms. The Labute approximate surface area is 224 Å². The lowest BCUT2D eigenvalue weighted by molar-refractivity contribution is -0.252. The molecule has 1 aliphatic heterocycles. The molecule has 2 unspecified atom stereocenters. The van der Waals surface area contributed by atoms with E-state index in [4.69, 9.17) is 25.5 Å². The summed E-state index contributed by atoms with van der Waals surface area (Å²) in [6.07, 6.45) is 4.44. The Morgan fingerprint density at radius 1 is 1.16 bits per heavy atom. The lowest BCUT2D eigenvalue weighted by atomic mass is 9.87. The predicted octanol–water partition coefficient (Wildman–Crippen LogP) is 5.28. The minimum absolute atomic E-state index is 0.207. The average molecular weight is 545 g/mol. The van der Waals surface area contributed by atoms with E-state index >= 15 is 4.39 Å². The second kappa shape index (κ2) is 11.3. The van der Waals surface area contributed by atoms with Crippen molar-refractivity contribution in [3.05, 3.63) is 48.3 Å². The first kappa shape index (κ1) is 26.5. The highest BCUT2D eigenvalue weighted by molar-refractivity contribution is 6.31. The lowest BCUT2D eigenvalue weighted by Gasteiger charge is -2.38. The van der Waals surface area contributed by atoms with Crippen LogP contribution in [0.2, 0.25) is 0 Å². The van der Waals surface area contributed by atoms with E-state index < -0.39 is 23.2 Å². The average Bonchev–Trinajstić information content (AvgIpc) is 3.63. The molecule has 2 atom stereocenters. The Balaban J connectivity index is 1.27. The van der Waals surface area contributed by atoms with Crippen LogP contribution < -0.4 is 5.32 Å². The number of ether oxygens (including phenoxy) is 2. The summed E-state index contributed by atoms with van der Waals surface area (Å²) < 4.78 is 32.9. The van der Waals surface area contributed by atoms with Crippen LogP contribution in [0.5, 0.6) is 0 Å². The quantitative estimate of drug-likeness (QED) is 0.218. The van der Waals surface area contributed by atoms with Crippen LogP contribution in [-0.4, -0.2) is 58.9 Å². The molecule has 2 aliphatic rings. The van der Waals surface area contributed by atoms with Gasteiger partial charge in [0.2, 0.25) is 5.78 Å². The SMILES string of the molecule is COC(=O)C1CCC(OC(F)(C(=O)C(Cl)c2ccc(Nc3nc4ccccc4o3)cn2)N2CCCC2)CC1. The smallest absolute Gasteiger partial charge is 0.331 e. The van der Waals surface area contributed by atoms with Gasteiger partial charge < -0.3 is 19.2 Å². The first-order valence-electron chi connectivity index (χ1n) is 12.8. The minimum Gasteiger partial charge on any atom is -0.469 e. The van der Waals surface area contributed by atoms with Crippen molar-refractivity contribution in [1.82, 2.24) is 14.9 Å². The van der Waals surface area contributed by atoms with Gasteiger partial charge in [-0.2, -0.15) is 9.37 Å². The predicted molar refractivity (Wildman–Crippen MR) is 139 cm³/mol. The summed E-state index contributed by atoms with van der Waals surface area (Å²) in [5.74, 6) is -4.08. The maximum atomic E-state index is 16.5. The Hall–Kier alpha value is -3.08. The largest absolute Gasteiger partial charge is 0.469 e. The number of likely N-dealkylation sites (tertiary alicyclic amines) is 1. The van der Waals surface area contributed by atoms with Gasteiger partial charge in [-0.3, -0.25) is 14.6 Å². The van der Waals surface area contributed by atoms with Crippen LogP contribution in [-0.2, 0) is 19.1 Å². The molecule has 1 aliphatic carbocycles. The van der Waals surface area contributed by atoms with E-state index in [1.165, 1.54) is 18.2 Å². The number of Topliss-reactive ketones (excluding diaryl/α,β-unsaturated/α-hetero) is 1. The number of carbonyl (C=O) groups is 2. The van der Waals surface area contributed by atoms with Gasteiger partial charge in [0.25, 0.3) is 6.01 Å². The zero-order chi connectivity index (χ0) is 26.7. The summed E-state index contributed by atoms with van der Waals surface area (Å²) in [4.78, 5) is 35.4. The van der Waals surface area contributed by atoms with Crippen LogP contribution in [0.15, 0.2) is 47.0 Å². The number of para-hydroxylation sites is 2. The summed E-state index contributed by atoms with van der Waals surface area (Å²) in [6, 6.07) is 10.9. The molecule has 11 heteroatoms. The lowest BCUT2D eigenvalue weighted by Crippen LogP contribution is -2.55. The van der Waals surface area contributed by atoms with Crippen molar-refractivity contribution in [2.24, 2.45) is 5.92 Å². The third-order valence-corrected chi connectivity index (χ3v) is 7.59. The Bertz CT molecular complexity index is 1240. The number of nitrogens with zero attached hydrogens (tertiary/aromatic N) is 3. The van der Waals surface area contributed by atoms with E-state index in [1.54, 1.807) is 12.1 Å². The van der Waals surface area contributed by atoms with Crippen molar-refractivity contribution in [3.8, 4) is 0 Å². The Kier molecular flexibility index (Phi) is 7.92. The molecule has 1 N–H and O–H groups in total. The van der Waals surface area contributed by atoms with E-state index in [2.05, 4.69) is 15.3 Å². The molecule has 1 saturated heterocycles. The summed E-state index contributed by atoms with van der Waals surface area (Å²) in [5.41, 5.74) is 2.14. The zero-order valence-electron chi connectivity index (χ0n) is 21.1. The van der Waals surface area contributed by atoms with Gasteiger partial charge in [-0.05, 0) is 62.8 Å². The Morgan fingerprint density at radius 3 is 2.55 bits per heavy atom. The van der Waals surface area contributed by atoms with Gasteiger partial charge in [0, 0.05) is 13.1 Å². The maximum absolute atomic E-state index is 16.5. The van der Waals surface area contributed by atoms with Gasteiger partial charge in [0.15, 0.2) is 5.58 Å². The van der Waals surface area contributed by atoms with Crippen LogP contribution in [0.1, 0.15) is 49.6 Å². The number of nitrogens with one attached hydrogen (secondary N) is 1. The maximum Gasteiger partial charge on any atom is 0.331 e. The fourth-order valence-electron chi connectivity index (χ4n) is 5.07. The highest BCUT2D eigenvalue weighted by Gasteiger charge is 2.52. The summed E-state index contributed by atoms with van der Waals surface area (Å²) >= 11 is 6.52.